The Morgan fingerprint density at radius 3 is 2.93 bits per heavy atom. The highest BCUT2D eigenvalue weighted by atomic mass is 79.9. The first-order valence-corrected chi connectivity index (χ1v) is 5.62. The van der Waals surface area contributed by atoms with Gasteiger partial charge in [-0.2, -0.15) is 8.42 Å². The fraction of sp³-hybridized carbons (Fsp3) is 0. The minimum atomic E-state index is -3.76. The van der Waals surface area contributed by atoms with Crippen LogP contribution in [0.5, 0.6) is 0 Å². The fourth-order valence-electron chi connectivity index (χ4n) is 0.939. The summed E-state index contributed by atoms with van der Waals surface area (Å²) >= 11 is 3.09. The van der Waals surface area contributed by atoms with Crippen LogP contribution >= 0.6 is 15.9 Å². The van der Waals surface area contributed by atoms with Crippen molar-refractivity contribution in [2.45, 2.75) is 0 Å². The van der Waals surface area contributed by atoms with Gasteiger partial charge in [-0.3, -0.25) is 0 Å². The molecular formula is C5H4BrN5O2S. The van der Waals surface area contributed by atoms with Crippen molar-refractivity contribution in [3.8, 4) is 0 Å². The lowest BCUT2D eigenvalue weighted by atomic mass is 10.4. The van der Waals surface area contributed by atoms with Crippen LogP contribution in [0.15, 0.2) is 15.2 Å². The third-order valence-corrected chi connectivity index (χ3v) is 2.70. The van der Waals surface area contributed by atoms with Crippen LogP contribution < -0.4 is 10.5 Å². The summed E-state index contributed by atoms with van der Waals surface area (Å²) in [6, 6.07) is 0. The zero-order valence-corrected chi connectivity index (χ0v) is 9.00. The van der Waals surface area contributed by atoms with Gasteiger partial charge in [-0.1, -0.05) is 0 Å². The van der Waals surface area contributed by atoms with Crippen LogP contribution in [0.3, 0.4) is 0 Å². The monoisotopic (exact) mass is 277 g/mol. The van der Waals surface area contributed by atoms with Gasteiger partial charge in [0.05, 0.1) is 6.20 Å². The zero-order valence-electron chi connectivity index (χ0n) is 6.60. The predicted octanol–water partition coefficient (Wildman–Crippen LogP) is -0.385. The molecule has 0 bridgehead atoms. The molecule has 1 aliphatic rings. The Kier molecular flexibility index (Phi) is 1.93. The molecule has 0 saturated carbocycles. The van der Waals surface area contributed by atoms with Crippen molar-refractivity contribution < 1.29 is 8.42 Å². The molecule has 0 amide bonds. The van der Waals surface area contributed by atoms with Gasteiger partial charge in [0.1, 0.15) is 4.60 Å². The Morgan fingerprint density at radius 1 is 1.50 bits per heavy atom. The quantitative estimate of drug-likeness (QED) is 0.671. The van der Waals surface area contributed by atoms with Gasteiger partial charge in [-0.25, -0.2) is 14.7 Å². The average Bonchev–Trinajstić information content (AvgIpc) is 2.05. The second-order valence-corrected chi connectivity index (χ2v) is 4.59. The summed E-state index contributed by atoms with van der Waals surface area (Å²) in [7, 11) is -3.76. The lowest BCUT2D eigenvalue weighted by molar-refractivity contribution is 0.602. The number of halogens is 1. The topological polar surface area (TPSA) is 110 Å². The number of aromatic nitrogens is 2. The first-order chi connectivity index (χ1) is 6.48. The smallest absolute Gasteiger partial charge is 0.345 e. The van der Waals surface area contributed by atoms with E-state index in [2.05, 4.69) is 35.0 Å². The lowest BCUT2D eigenvalue weighted by Gasteiger charge is -2.12. The van der Waals surface area contributed by atoms with Gasteiger partial charge >= 0.3 is 10.2 Å². The summed E-state index contributed by atoms with van der Waals surface area (Å²) in [5.74, 6) is -0.0896. The number of anilines is 1. The van der Waals surface area contributed by atoms with Crippen molar-refractivity contribution in [2.24, 2.45) is 10.1 Å². The van der Waals surface area contributed by atoms with E-state index in [1.54, 1.807) is 0 Å². The normalized spacial score (nSPS) is 17.9. The summed E-state index contributed by atoms with van der Waals surface area (Å²) in [5.41, 5.74) is 5.62. The third kappa shape index (κ3) is 1.55. The van der Waals surface area contributed by atoms with Crippen LogP contribution in [0.2, 0.25) is 0 Å². The first-order valence-electron chi connectivity index (χ1n) is 3.39. The van der Waals surface area contributed by atoms with Crippen molar-refractivity contribution in [1.29, 1.82) is 0 Å². The molecule has 7 nitrogen and oxygen atoms in total. The number of amidine groups is 1. The van der Waals surface area contributed by atoms with E-state index >= 15 is 0 Å². The third-order valence-electron chi connectivity index (χ3n) is 1.43. The Morgan fingerprint density at radius 2 is 2.21 bits per heavy atom. The van der Waals surface area contributed by atoms with Crippen molar-refractivity contribution in [2.75, 3.05) is 4.72 Å². The number of nitrogens with one attached hydrogen (secondary N) is 1. The molecule has 1 aromatic heterocycles. The van der Waals surface area contributed by atoms with Crippen LogP contribution in [-0.4, -0.2) is 24.2 Å². The largest absolute Gasteiger partial charge is 0.381 e. The van der Waals surface area contributed by atoms with E-state index < -0.39 is 10.2 Å². The summed E-state index contributed by atoms with van der Waals surface area (Å²) in [5, 5.41) is 0. The molecule has 0 aliphatic carbocycles. The highest BCUT2D eigenvalue weighted by molar-refractivity contribution is 9.10. The van der Waals surface area contributed by atoms with Gasteiger partial charge in [-0.15, -0.1) is 4.40 Å². The van der Waals surface area contributed by atoms with Gasteiger partial charge in [0, 0.05) is 0 Å². The van der Waals surface area contributed by atoms with E-state index in [1.165, 1.54) is 6.20 Å². The van der Waals surface area contributed by atoms with Crippen LogP contribution in [0.25, 0.3) is 0 Å². The molecule has 2 rings (SSSR count). The van der Waals surface area contributed by atoms with Crippen molar-refractivity contribution in [1.82, 2.24) is 9.97 Å². The standard InChI is InChI=1S/C5H4BrN5O2S/c6-2-1-8-5-3(9-2)4(7)10-14(12,13)11-5/h1H,(H2,7,10)(H,8,11). The van der Waals surface area contributed by atoms with Crippen LogP contribution in [0.4, 0.5) is 5.82 Å². The predicted molar refractivity (Wildman–Crippen MR) is 53.0 cm³/mol. The maximum Gasteiger partial charge on any atom is 0.345 e. The molecule has 2 heterocycles. The van der Waals surface area contributed by atoms with E-state index in [4.69, 9.17) is 5.73 Å². The van der Waals surface area contributed by atoms with Crippen LogP contribution in [0, 0.1) is 0 Å². The lowest BCUT2D eigenvalue weighted by Crippen LogP contribution is -2.28. The fourth-order valence-corrected chi connectivity index (χ4v) is 2.00. The Hall–Kier alpha value is -1.22. The summed E-state index contributed by atoms with van der Waals surface area (Å²) < 4.78 is 27.9. The zero-order chi connectivity index (χ0) is 10.3. The highest BCUT2D eigenvalue weighted by Crippen LogP contribution is 2.18. The molecule has 0 radical (unpaired) electrons. The second kappa shape index (κ2) is 2.89. The van der Waals surface area contributed by atoms with E-state index in [9.17, 15) is 8.42 Å². The Labute approximate surface area is 87.8 Å². The summed E-state index contributed by atoms with van der Waals surface area (Å²) in [4.78, 5) is 7.74. The molecular weight excluding hydrogens is 274 g/mol. The maximum absolute atomic E-state index is 11.1. The molecule has 1 aliphatic heterocycles. The molecule has 3 N–H and O–H groups in total. The van der Waals surface area contributed by atoms with E-state index in [1.807, 2.05) is 0 Å². The van der Waals surface area contributed by atoms with Gasteiger partial charge in [0.15, 0.2) is 17.3 Å². The number of hydrogen-bond donors (Lipinski definition) is 2. The highest BCUT2D eigenvalue weighted by Gasteiger charge is 2.23. The maximum atomic E-state index is 11.1. The number of hydrogen-bond acceptors (Lipinski definition) is 5. The Bertz CT molecular complexity index is 525. The molecule has 0 unspecified atom stereocenters. The minimum Gasteiger partial charge on any atom is -0.381 e. The molecule has 0 aromatic carbocycles. The second-order valence-electron chi connectivity index (χ2n) is 2.44. The van der Waals surface area contributed by atoms with Crippen LogP contribution in [0.1, 0.15) is 5.69 Å². The van der Waals surface area contributed by atoms with Gasteiger partial charge in [0.25, 0.3) is 0 Å². The van der Waals surface area contributed by atoms with Crippen molar-refractivity contribution in [3.05, 3.63) is 16.5 Å². The SMILES string of the molecule is NC1=NS(=O)(=O)Nc2ncc(Br)nc21. The molecule has 0 atom stereocenters. The van der Waals surface area contributed by atoms with Crippen molar-refractivity contribution in [3.63, 3.8) is 0 Å². The van der Waals surface area contributed by atoms with E-state index in [0.717, 1.165) is 0 Å². The first kappa shape index (κ1) is 9.34. The summed E-state index contributed by atoms with van der Waals surface area (Å²) in [6.45, 7) is 0. The molecule has 0 fully saturated rings. The molecule has 1 aromatic rings. The van der Waals surface area contributed by atoms with E-state index in [0.29, 0.717) is 4.60 Å². The number of rotatable bonds is 0. The molecule has 9 heteroatoms. The average molecular weight is 278 g/mol. The molecule has 74 valence electrons. The molecule has 14 heavy (non-hydrogen) atoms. The van der Waals surface area contributed by atoms with Gasteiger partial charge in [0.2, 0.25) is 0 Å². The number of nitrogens with zero attached hydrogens (tertiary/aromatic N) is 3. The molecule has 0 saturated heterocycles. The number of nitrogens with two attached hydrogens (primary N) is 1. The molecule has 0 spiro atoms. The Balaban J connectivity index is 2.68. The van der Waals surface area contributed by atoms with E-state index in [-0.39, 0.29) is 17.3 Å². The van der Waals surface area contributed by atoms with Crippen LogP contribution in [-0.2, 0) is 10.2 Å². The van der Waals surface area contributed by atoms with Crippen molar-refractivity contribution >= 4 is 37.8 Å². The number of fused-ring (bicyclic) bond motifs is 1. The minimum absolute atomic E-state index is 0.0840. The summed E-state index contributed by atoms with van der Waals surface area (Å²) in [6.07, 6.45) is 1.36. The van der Waals surface area contributed by atoms with Gasteiger partial charge in [-0.05, 0) is 15.9 Å². The van der Waals surface area contributed by atoms with Gasteiger partial charge < -0.3 is 5.73 Å².